The van der Waals surface area contributed by atoms with Crippen molar-refractivity contribution in [3.63, 3.8) is 0 Å². The molecule has 0 amide bonds. The first-order chi connectivity index (χ1) is 4.98. The van der Waals surface area contributed by atoms with E-state index in [9.17, 15) is 4.79 Å². The van der Waals surface area contributed by atoms with Crippen LogP contribution in [0.5, 0.6) is 0 Å². The highest BCUT2D eigenvalue weighted by atomic mass is 16.5. The Labute approximate surface area is 67.0 Å². The molecule has 0 bridgehead atoms. The van der Waals surface area contributed by atoms with E-state index in [1.165, 1.54) is 0 Å². The van der Waals surface area contributed by atoms with E-state index in [0.29, 0.717) is 11.1 Å². The number of methoxy groups -OCH3 is 1. The predicted octanol–water partition coefficient (Wildman–Crippen LogP) is -0.206. The lowest BCUT2D eigenvalue weighted by atomic mass is 10.4. The number of ether oxygens (including phenoxy) is 1. The quantitative estimate of drug-likeness (QED) is 0.569. The van der Waals surface area contributed by atoms with Crippen molar-refractivity contribution in [3.05, 3.63) is 0 Å². The van der Waals surface area contributed by atoms with E-state index in [-0.39, 0.29) is 6.54 Å². The number of rotatable bonds is 5. The molecule has 0 saturated carbocycles. The molecular formula is C7H16NO3+. The molecule has 0 fully saturated rings. The van der Waals surface area contributed by atoms with Crippen LogP contribution in [0.1, 0.15) is 0 Å². The molecule has 0 aliphatic carbocycles. The Balaban J connectivity index is 3.70. The number of hydrogen-bond acceptors (Lipinski definition) is 2. The molecule has 0 saturated heterocycles. The van der Waals surface area contributed by atoms with Crippen molar-refractivity contribution >= 4 is 5.97 Å². The maximum absolute atomic E-state index is 10.3. The molecule has 11 heavy (non-hydrogen) atoms. The largest absolute Gasteiger partial charge is 0.477 e. The standard InChI is InChI=1S/C7H15NO3/c1-8(2,4-5-11-3)6-7(9)10/h4-6H2,1-3H3/p+1. The SMILES string of the molecule is COCC[N+](C)(C)CC(=O)O. The van der Waals surface area contributed by atoms with Gasteiger partial charge < -0.3 is 14.3 Å². The van der Waals surface area contributed by atoms with Crippen LogP contribution in [-0.4, -0.2) is 56.5 Å². The van der Waals surface area contributed by atoms with Gasteiger partial charge in [-0.25, -0.2) is 4.79 Å². The maximum Gasteiger partial charge on any atom is 0.359 e. The summed E-state index contributed by atoms with van der Waals surface area (Å²) in [7, 11) is 5.35. The van der Waals surface area contributed by atoms with Gasteiger partial charge in [0.15, 0.2) is 6.54 Å². The average Bonchev–Trinajstić information content (AvgIpc) is 1.81. The highest BCUT2D eigenvalue weighted by molar-refractivity contribution is 5.67. The summed E-state index contributed by atoms with van der Waals surface area (Å²) >= 11 is 0. The third-order valence-corrected chi connectivity index (χ3v) is 1.46. The number of carbonyl (C=O) groups is 1. The minimum absolute atomic E-state index is 0.142. The van der Waals surface area contributed by atoms with E-state index in [0.717, 1.165) is 6.54 Å². The van der Waals surface area contributed by atoms with Crippen LogP contribution in [0.15, 0.2) is 0 Å². The molecule has 0 spiro atoms. The fourth-order valence-corrected chi connectivity index (χ4v) is 0.784. The first kappa shape index (κ1) is 10.4. The lowest BCUT2D eigenvalue weighted by Gasteiger charge is -2.27. The van der Waals surface area contributed by atoms with Gasteiger partial charge in [0.1, 0.15) is 6.54 Å². The zero-order valence-electron chi connectivity index (χ0n) is 7.33. The van der Waals surface area contributed by atoms with Gasteiger partial charge in [-0.15, -0.1) is 0 Å². The van der Waals surface area contributed by atoms with Gasteiger partial charge in [-0.3, -0.25) is 0 Å². The van der Waals surface area contributed by atoms with Crippen molar-refractivity contribution in [2.24, 2.45) is 0 Å². The number of quaternary nitrogens is 1. The highest BCUT2D eigenvalue weighted by Gasteiger charge is 2.18. The van der Waals surface area contributed by atoms with E-state index in [1.807, 2.05) is 14.1 Å². The Morgan fingerprint density at radius 3 is 2.45 bits per heavy atom. The molecule has 0 aromatic heterocycles. The van der Waals surface area contributed by atoms with Crippen LogP contribution in [0.2, 0.25) is 0 Å². The zero-order chi connectivity index (χ0) is 8.91. The first-order valence-corrected chi connectivity index (χ1v) is 3.51. The number of likely N-dealkylation sites (N-methyl/N-ethyl adjacent to an activating group) is 1. The Bertz CT molecular complexity index is 134. The highest BCUT2D eigenvalue weighted by Crippen LogP contribution is 1.95. The Morgan fingerprint density at radius 1 is 1.55 bits per heavy atom. The predicted molar refractivity (Wildman–Crippen MR) is 41.4 cm³/mol. The van der Waals surface area contributed by atoms with Crippen LogP contribution in [0.25, 0.3) is 0 Å². The summed E-state index contributed by atoms with van der Waals surface area (Å²) in [6.45, 7) is 1.46. The molecule has 1 N–H and O–H groups in total. The summed E-state index contributed by atoms with van der Waals surface area (Å²) in [6, 6.07) is 0. The Morgan fingerprint density at radius 2 is 2.09 bits per heavy atom. The molecule has 0 heterocycles. The van der Waals surface area contributed by atoms with Gasteiger partial charge in [0.2, 0.25) is 0 Å². The van der Waals surface area contributed by atoms with Gasteiger partial charge in [-0.2, -0.15) is 0 Å². The van der Waals surface area contributed by atoms with Crippen molar-refractivity contribution in [2.45, 2.75) is 0 Å². The summed E-state index contributed by atoms with van der Waals surface area (Å²) in [5.41, 5.74) is 0. The molecule has 0 aromatic rings. The Hall–Kier alpha value is -0.610. The first-order valence-electron chi connectivity index (χ1n) is 3.51. The second kappa shape index (κ2) is 4.31. The fraction of sp³-hybridized carbons (Fsp3) is 0.857. The number of carboxylic acid groups (broad SMARTS) is 1. The number of carboxylic acids is 1. The molecule has 0 unspecified atom stereocenters. The van der Waals surface area contributed by atoms with Crippen LogP contribution >= 0.6 is 0 Å². The van der Waals surface area contributed by atoms with Crippen molar-refractivity contribution in [1.29, 1.82) is 0 Å². The molecule has 4 heteroatoms. The normalized spacial score (nSPS) is 11.5. The van der Waals surface area contributed by atoms with Gasteiger partial charge in [0.05, 0.1) is 20.7 Å². The molecule has 0 rings (SSSR count). The number of hydrogen-bond donors (Lipinski definition) is 1. The third kappa shape index (κ3) is 5.82. The van der Waals surface area contributed by atoms with Crippen molar-refractivity contribution < 1.29 is 19.1 Å². The monoisotopic (exact) mass is 162 g/mol. The maximum atomic E-state index is 10.3. The van der Waals surface area contributed by atoms with Crippen LogP contribution in [-0.2, 0) is 9.53 Å². The molecule has 0 aromatic carbocycles. The summed E-state index contributed by atoms with van der Waals surface area (Å²) in [5, 5.41) is 8.49. The minimum Gasteiger partial charge on any atom is -0.477 e. The number of aliphatic carboxylic acids is 1. The summed E-state index contributed by atoms with van der Waals surface area (Å²) in [6.07, 6.45) is 0. The summed E-state index contributed by atoms with van der Waals surface area (Å²) in [4.78, 5) is 10.3. The van der Waals surface area contributed by atoms with Gasteiger partial charge in [-0.05, 0) is 0 Å². The summed E-state index contributed by atoms with van der Waals surface area (Å²) in [5.74, 6) is -0.772. The topological polar surface area (TPSA) is 46.5 Å². The lowest BCUT2D eigenvalue weighted by molar-refractivity contribution is -0.883. The van der Waals surface area contributed by atoms with Crippen molar-refractivity contribution in [1.82, 2.24) is 0 Å². The average molecular weight is 162 g/mol. The molecule has 0 aliphatic rings. The van der Waals surface area contributed by atoms with Crippen LogP contribution < -0.4 is 0 Å². The minimum atomic E-state index is -0.772. The molecular weight excluding hydrogens is 146 g/mol. The zero-order valence-corrected chi connectivity index (χ0v) is 7.33. The lowest BCUT2D eigenvalue weighted by Crippen LogP contribution is -2.45. The molecule has 0 radical (unpaired) electrons. The van der Waals surface area contributed by atoms with Gasteiger partial charge in [0.25, 0.3) is 0 Å². The molecule has 0 aliphatic heterocycles. The molecule has 66 valence electrons. The molecule has 0 atom stereocenters. The second-order valence-corrected chi connectivity index (χ2v) is 3.20. The summed E-state index contributed by atoms with van der Waals surface area (Å²) < 4.78 is 5.31. The van der Waals surface area contributed by atoms with E-state index in [1.54, 1.807) is 7.11 Å². The number of nitrogens with zero attached hydrogens (tertiary/aromatic N) is 1. The van der Waals surface area contributed by atoms with E-state index in [4.69, 9.17) is 9.84 Å². The van der Waals surface area contributed by atoms with E-state index < -0.39 is 5.97 Å². The smallest absolute Gasteiger partial charge is 0.359 e. The Kier molecular flexibility index (Phi) is 4.07. The van der Waals surface area contributed by atoms with Crippen molar-refractivity contribution in [2.75, 3.05) is 40.9 Å². The van der Waals surface area contributed by atoms with E-state index >= 15 is 0 Å². The molecule has 4 nitrogen and oxygen atoms in total. The van der Waals surface area contributed by atoms with Gasteiger partial charge in [-0.1, -0.05) is 0 Å². The van der Waals surface area contributed by atoms with E-state index in [2.05, 4.69) is 0 Å². The van der Waals surface area contributed by atoms with Crippen LogP contribution in [0, 0.1) is 0 Å². The van der Waals surface area contributed by atoms with Crippen molar-refractivity contribution in [3.8, 4) is 0 Å². The van der Waals surface area contributed by atoms with Gasteiger partial charge in [0, 0.05) is 7.11 Å². The van der Waals surface area contributed by atoms with Gasteiger partial charge >= 0.3 is 5.97 Å². The van der Waals surface area contributed by atoms with Crippen LogP contribution in [0.4, 0.5) is 0 Å². The third-order valence-electron chi connectivity index (χ3n) is 1.46. The van der Waals surface area contributed by atoms with Crippen LogP contribution in [0.3, 0.4) is 0 Å². The fourth-order valence-electron chi connectivity index (χ4n) is 0.784. The second-order valence-electron chi connectivity index (χ2n) is 3.20.